The third-order valence-corrected chi connectivity index (χ3v) is 2.68. The van der Waals surface area contributed by atoms with Crippen molar-refractivity contribution >= 4 is 5.71 Å². The maximum Gasteiger partial charge on any atom is 0.139 e. The van der Waals surface area contributed by atoms with Crippen LogP contribution in [0.3, 0.4) is 0 Å². The lowest BCUT2D eigenvalue weighted by molar-refractivity contribution is 0.314. The van der Waals surface area contributed by atoms with E-state index < -0.39 is 0 Å². The van der Waals surface area contributed by atoms with Gasteiger partial charge in [-0.25, -0.2) is 0 Å². The number of allylic oxidation sites excluding steroid dienone is 6. The maximum atomic E-state index is 5.33. The zero-order chi connectivity index (χ0) is 13.3. The molecule has 0 aliphatic rings. The Labute approximate surface area is 106 Å². The first-order valence-corrected chi connectivity index (χ1v) is 6.21. The molecule has 0 aromatic rings. The van der Waals surface area contributed by atoms with E-state index in [1.165, 1.54) is 5.57 Å². The predicted molar refractivity (Wildman–Crippen MR) is 76.3 cm³/mol. The quantitative estimate of drug-likeness (QED) is 0.373. The predicted octanol–water partition coefficient (Wildman–Crippen LogP) is 4.65. The van der Waals surface area contributed by atoms with E-state index in [4.69, 9.17) is 4.74 Å². The largest absolute Gasteiger partial charge is 0.495 e. The van der Waals surface area contributed by atoms with E-state index in [0.717, 1.165) is 30.0 Å². The molecule has 0 saturated heterocycles. The van der Waals surface area contributed by atoms with Gasteiger partial charge in [-0.15, -0.1) is 0 Å². The number of hydrogen-bond acceptors (Lipinski definition) is 2. The molecular formula is C15H25NO. The standard InChI is InChI=1S/C15H25NO/c1-7-10-11-15(17-6)13(5)16-14(9-3)12(4)8-2/h7,10-11H,8-9H2,1-6H3/b10-7-,14-12-,15-11+,16-13-. The van der Waals surface area contributed by atoms with Crippen LogP contribution in [0.2, 0.25) is 0 Å². The van der Waals surface area contributed by atoms with Crippen LogP contribution in [0, 0.1) is 0 Å². The highest BCUT2D eigenvalue weighted by Crippen LogP contribution is 2.15. The van der Waals surface area contributed by atoms with Crippen LogP contribution in [0.5, 0.6) is 0 Å². The van der Waals surface area contributed by atoms with Gasteiger partial charge in [-0.2, -0.15) is 0 Å². The zero-order valence-corrected chi connectivity index (χ0v) is 12.0. The Bertz CT molecular complexity index is 346. The molecule has 0 amide bonds. The Morgan fingerprint density at radius 1 is 1.18 bits per heavy atom. The van der Waals surface area contributed by atoms with Crippen LogP contribution in [0.4, 0.5) is 0 Å². The van der Waals surface area contributed by atoms with Crippen LogP contribution >= 0.6 is 0 Å². The van der Waals surface area contributed by atoms with Crippen molar-refractivity contribution in [2.24, 2.45) is 4.99 Å². The second-order valence-corrected chi connectivity index (χ2v) is 3.89. The highest BCUT2D eigenvalue weighted by atomic mass is 16.5. The Morgan fingerprint density at radius 3 is 2.24 bits per heavy atom. The minimum atomic E-state index is 0.818. The molecule has 2 nitrogen and oxygen atoms in total. The summed E-state index contributed by atoms with van der Waals surface area (Å²) in [6.45, 7) is 10.4. The SMILES string of the molecule is C\C=C/C=C(OC)\C(C)=N/C(CC)=C(/C)CC. The second kappa shape index (κ2) is 8.80. The molecule has 0 spiro atoms. The van der Waals surface area contributed by atoms with E-state index in [9.17, 15) is 0 Å². The first-order chi connectivity index (χ1) is 8.10. The summed E-state index contributed by atoms with van der Waals surface area (Å²) < 4.78 is 5.33. The van der Waals surface area contributed by atoms with Gasteiger partial charge in [0.15, 0.2) is 0 Å². The molecule has 0 N–H and O–H groups in total. The molecule has 0 atom stereocenters. The number of nitrogens with zero attached hydrogens (tertiary/aromatic N) is 1. The molecule has 0 unspecified atom stereocenters. The van der Waals surface area contributed by atoms with Crippen LogP contribution in [0.1, 0.15) is 47.5 Å². The van der Waals surface area contributed by atoms with Crippen LogP contribution in [0.15, 0.2) is 40.2 Å². The first-order valence-electron chi connectivity index (χ1n) is 6.21. The van der Waals surface area contributed by atoms with Crippen molar-refractivity contribution in [2.45, 2.75) is 47.5 Å². The molecule has 0 aromatic heterocycles. The number of rotatable bonds is 6. The van der Waals surface area contributed by atoms with E-state index in [-0.39, 0.29) is 0 Å². The van der Waals surface area contributed by atoms with Crippen molar-refractivity contribution in [1.29, 1.82) is 0 Å². The number of methoxy groups -OCH3 is 1. The Morgan fingerprint density at radius 2 is 1.82 bits per heavy atom. The highest BCUT2D eigenvalue weighted by Gasteiger charge is 2.03. The van der Waals surface area contributed by atoms with Crippen molar-refractivity contribution in [1.82, 2.24) is 0 Å². The average molecular weight is 235 g/mol. The van der Waals surface area contributed by atoms with Gasteiger partial charge < -0.3 is 4.74 Å². The van der Waals surface area contributed by atoms with Gasteiger partial charge in [0, 0.05) is 5.70 Å². The molecular weight excluding hydrogens is 210 g/mol. The van der Waals surface area contributed by atoms with E-state index >= 15 is 0 Å². The lowest BCUT2D eigenvalue weighted by Crippen LogP contribution is -2.01. The summed E-state index contributed by atoms with van der Waals surface area (Å²) in [6, 6.07) is 0. The summed E-state index contributed by atoms with van der Waals surface area (Å²) in [4.78, 5) is 4.66. The summed E-state index contributed by atoms with van der Waals surface area (Å²) in [5.41, 5.74) is 3.43. The van der Waals surface area contributed by atoms with Crippen molar-refractivity contribution < 1.29 is 4.74 Å². The number of aliphatic imine (C=N–C) groups is 1. The average Bonchev–Trinajstić information content (AvgIpc) is 2.35. The van der Waals surface area contributed by atoms with Gasteiger partial charge in [0.1, 0.15) is 5.76 Å². The fourth-order valence-electron chi connectivity index (χ4n) is 1.46. The normalized spacial score (nSPS) is 15.2. The first kappa shape index (κ1) is 15.7. The minimum absolute atomic E-state index is 0.818. The number of hydrogen-bond donors (Lipinski definition) is 0. The van der Waals surface area contributed by atoms with E-state index in [1.807, 2.05) is 32.1 Å². The molecule has 0 fully saturated rings. The Balaban J connectivity index is 5.18. The summed E-state index contributed by atoms with van der Waals surface area (Å²) in [6.07, 6.45) is 7.87. The Kier molecular flexibility index (Phi) is 8.12. The minimum Gasteiger partial charge on any atom is -0.495 e. The summed E-state index contributed by atoms with van der Waals surface area (Å²) in [5.74, 6) is 0.818. The molecule has 0 aliphatic carbocycles. The molecule has 96 valence electrons. The van der Waals surface area contributed by atoms with Crippen molar-refractivity contribution in [3.05, 3.63) is 35.3 Å². The van der Waals surface area contributed by atoms with E-state index in [0.29, 0.717) is 0 Å². The van der Waals surface area contributed by atoms with Gasteiger partial charge in [-0.05, 0) is 39.7 Å². The summed E-state index contributed by atoms with van der Waals surface area (Å²) in [7, 11) is 1.68. The third kappa shape index (κ3) is 5.53. The van der Waals surface area contributed by atoms with Gasteiger partial charge in [0.25, 0.3) is 0 Å². The smallest absolute Gasteiger partial charge is 0.139 e. The topological polar surface area (TPSA) is 21.6 Å². The molecule has 0 aliphatic heterocycles. The van der Waals surface area contributed by atoms with Crippen LogP contribution in [-0.2, 0) is 4.74 Å². The fraction of sp³-hybridized carbons (Fsp3) is 0.533. The van der Waals surface area contributed by atoms with Crippen LogP contribution in [0.25, 0.3) is 0 Å². The van der Waals surface area contributed by atoms with Crippen LogP contribution in [-0.4, -0.2) is 12.8 Å². The molecule has 2 heteroatoms. The molecule has 0 saturated carbocycles. The summed E-state index contributed by atoms with van der Waals surface area (Å²) >= 11 is 0. The Hall–Kier alpha value is -1.31. The second-order valence-electron chi connectivity index (χ2n) is 3.89. The van der Waals surface area contributed by atoms with Crippen molar-refractivity contribution in [2.75, 3.05) is 7.11 Å². The molecule has 0 aromatic carbocycles. The number of ether oxygens (including phenoxy) is 1. The molecule has 0 heterocycles. The third-order valence-electron chi connectivity index (χ3n) is 2.68. The molecule has 0 bridgehead atoms. The van der Waals surface area contributed by atoms with Gasteiger partial charge in [-0.3, -0.25) is 4.99 Å². The zero-order valence-electron chi connectivity index (χ0n) is 12.0. The van der Waals surface area contributed by atoms with E-state index in [2.05, 4.69) is 25.8 Å². The lowest BCUT2D eigenvalue weighted by Gasteiger charge is -2.08. The monoisotopic (exact) mass is 235 g/mol. The van der Waals surface area contributed by atoms with Crippen molar-refractivity contribution in [3.8, 4) is 0 Å². The fourth-order valence-corrected chi connectivity index (χ4v) is 1.46. The lowest BCUT2D eigenvalue weighted by atomic mass is 10.1. The molecule has 0 radical (unpaired) electrons. The van der Waals surface area contributed by atoms with Gasteiger partial charge in [-0.1, -0.05) is 31.6 Å². The molecule has 0 rings (SSSR count). The van der Waals surface area contributed by atoms with Crippen molar-refractivity contribution in [3.63, 3.8) is 0 Å². The molecule has 17 heavy (non-hydrogen) atoms. The van der Waals surface area contributed by atoms with E-state index in [1.54, 1.807) is 7.11 Å². The van der Waals surface area contributed by atoms with Crippen LogP contribution < -0.4 is 0 Å². The highest BCUT2D eigenvalue weighted by molar-refractivity contribution is 5.97. The van der Waals surface area contributed by atoms with Gasteiger partial charge in [0.05, 0.1) is 12.8 Å². The van der Waals surface area contributed by atoms with Gasteiger partial charge >= 0.3 is 0 Å². The maximum absolute atomic E-state index is 5.33. The van der Waals surface area contributed by atoms with Gasteiger partial charge in [0.2, 0.25) is 0 Å². The summed E-state index contributed by atoms with van der Waals surface area (Å²) in [5, 5.41) is 0.